The third kappa shape index (κ3) is 2.12. The van der Waals surface area contributed by atoms with Gasteiger partial charge < -0.3 is 10.1 Å². The predicted octanol–water partition coefficient (Wildman–Crippen LogP) is 1.60. The average molecular weight is 204 g/mol. The van der Waals surface area contributed by atoms with Crippen molar-refractivity contribution in [3.8, 4) is 5.75 Å². The first-order chi connectivity index (χ1) is 7.42. The minimum Gasteiger partial charge on any atom is -0.490 e. The van der Waals surface area contributed by atoms with E-state index in [1.807, 2.05) is 12.1 Å². The van der Waals surface area contributed by atoms with Gasteiger partial charge in [0, 0.05) is 18.3 Å². The van der Waals surface area contributed by atoms with Crippen LogP contribution in [0.1, 0.15) is 19.3 Å². The Bertz CT molecular complexity index is 328. The van der Waals surface area contributed by atoms with Gasteiger partial charge in [0.1, 0.15) is 12.4 Å². The highest BCUT2D eigenvalue weighted by atomic mass is 16.5. The van der Waals surface area contributed by atoms with Crippen molar-refractivity contribution in [2.75, 3.05) is 6.61 Å². The molecule has 1 aliphatic heterocycles. The molecule has 3 heteroatoms. The summed E-state index contributed by atoms with van der Waals surface area (Å²) in [6, 6.07) is 5.19. The fourth-order valence-corrected chi connectivity index (χ4v) is 2.33. The molecular formula is C12H16N2O. The van der Waals surface area contributed by atoms with Crippen LogP contribution in [0.2, 0.25) is 0 Å². The Morgan fingerprint density at radius 3 is 3.27 bits per heavy atom. The Kier molecular flexibility index (Phi) is 2.33. The summed E-state index contributed by atoms with van der Waals surface area (Å²) in [6.07, 6.45) is 7.53. The maximum absolute atomic E-state index is 5.69. The Morgan fingerprint density at radius 1 is 1.47 bits per heavy atom. The topological polar surface area (TPSA) is 34.1 Å². The maximum atomic E-state index is 5.69. The van der Waals surface area contributed by atoms with Crippen molar-refractivity contribution in [1.29, 1.82) is 0 Å². The van der Waals surface area contributed by atoms with Crippen molar-refractivity contribution in [2.24, 2.45) is 5.92 Å². The van der Waals surface area contributed by atoms with Gasteiger partial charge in [-0.15, -0.1) is 0 Å². The minimum absolute atomic E-state index is 0.536. The molecule has 3 atom stereocenters. The van der Waals surface area contributed by atoms with Crippen molar-refractivity contribution < 1.29 is 4.74 Å². The monoisotopic (exact) mass is 204 g/mol. The van der Waals surface area contributed by atoms with Gasteiger partial charge in [0.05, 0.1) is 6.20 Å². The number of nitrogens with one attached hydrogen (secondary N) is 1. The predicted molar refractivity (Wildman–Crippen MR) is 57.8 cm³/mol. The first kappa shape index (κ1) is 9.16. The molecule has 80 valence electrons. The molecule has 1 aliphatic carbocycles. The molecule has 1 aromatic heterocycles. The second-order valence-electron chi connectivity index (χ2n) is 4.54. The first-order valence-corrected chi connectivity index (χ1v) is 5.71. The van der Waals surface area contributed by atoms with Crippen LogP contribution in [0.4, 0.5) is 0 Å². The summed E-state index contributed by atoms with van der Waals surface area (Å²) >= 11 is 0. The van der Waals surface area contributed by atoms with E-state index in [1.165, 1.54) is 19.3 Å². The van der Waals surface area contributed by atoms with Crippen LogP contribution in [0.25, 0.3) is 0 Å². The van der Waals surface area contributed by atoms with Crippen LogP contribution in [0, 0.1) is 5.92 Å². The smallest absolute Gasteiger partial charge is 0.137 e. The number of rotatable bonds is 3. The molecule has 0 bridgehead atoms. The largest absolute Gasteiger partial charge is 0.490 e. The van der Waals surface area contributed by atoms with E-state index in [2.05, 4.69) is 10.3 Å². The Morgan fingerprint density at radius 2 is 2.47 bits per heavy atom. The van der Waals surface area contributed by atoms with Crippen LogP contribution < -0.4 is 10.1 Å². The van der Waals surface area contributed by atoms with Crippen molar-refractivity contribution >= 4 is 0 Å². The Labute approximate surface area is 89.9 Å². The van der Waals surface area contributed by atoms with Gasteiger partial charge in [-0.2, -0.15) is 0 Å². The number of pyridine rings is 1. The standard InChI is InChI=1S/C12H16N2O/c1-2-11(7-13-5-1)15-8-10-4-3-9-6-12(9)14-10/h1-2,5,7,9-10,12,14H,3-4,6,8H2. The van der Waals surface area contributed by atoms with E-state index in [1.54, 1.807) is 12.4 Å². The van der Waals surface area contributed by atoms with E-state index >= 15 is 0 Å². The third-order valence-electron chi connectivity index (χ3n) is 3.34. The van der Waals surface area contributed by atoms with Gasteiger partial charge in [-0.1, -0.05) is 0 Å². The molecule has 3 unspecified atom stereocenters. The lowest BCUT2D eigenvalue weighted by Crippen LogP contribution is -2.39. The molecule has 1 N–H and O–H groups in total. The second-order valence-corrected chi connectivity index (χ2v) is 4.54. The molecule has 3 nitrogen and oxygen atoms in total. The zero-order chi connectivity index (χ0) is 10.1. The molecule has 0 radical (unpaired) electrons. The second kappa shape index (κ2) is 3.81. The van der Waals surface area contributed by atoms with Gasteiger partial charge in [0.15, 0.2) is 0 Å². The fraction of sp³-hybridized carbons (Fsp3) is 0.583. The van der Waals surface area contributed by atoms with Crippen LogP contribution in [0.3, 0.4) is 0 Å². The van der Waals surface area contributed by atoms with E-state index in [0.29, 0.717) is 6.04 Å². The lowest BCUT2D eigenvalue weighted by atomic mass is 10.1. The fourth-order valence-electron chi connectivity index (χ4n) is 2.33. The summed E-state index contributed by atoms with van der Waals surface area (Å²) in [7, 11) is 0. The number of hydrogen-bond donors (Lipinski definition) is 1. The highest BCUT2D eigenvalue weighted by molar-refractivity contribution is 5.15. The number of nitrogens with zero attached hydrogens (tertiary/aromatic N) is 1. The quantitative estimate of drug-likeness (QED) is 0.812. The summed E-state index contributed by atoms with van der Waals surface area (Å²) in [4.78, 5) is 4.03. The average Bonchev–Trinajstić information content (AvgIpc) is 3.06. The highest BCUT2D eigenvalue weighted by Gasteiger charge is 2.41. The number of fused-ring (bicyclic) bond motifs is 1. The van der Waals surface area contributed by atoms with Crippen molar-refractivity contribution in [3.05, 3.63) is 24.5 Å². The van der Waals surface area contributed by atoms with Gasteiger partial charge in [0.2, 0.25) is 0 Å². The van der Waals surface area contributed by atoms with E-state index in [0.717, 1.165) is 24.3 Å². The molecule has 1 saturated heterocycles. The summed E-state index contributed by atoms with van der Waals surface area (Å²) in [5.41, 5.74) is 0. The van der Waals surface area contributed by atoms with Crippen LogP contribution in [0.15, 0.2) is 24.5 Å². The summed E-state index contributed by atoms with van der Waals surface area (Å²) in [6.45, 7) is 0.773. The van der Waals surface area contributed by atoms with Gasteiger partial charge in [0.25, 0.3) is 0 Å². The molecule has 1 aromatic rings. The first-order valence-electron chi connectivity index (χ1n) is 5.71. The highest BCUT2D eigenvalue weighted by Crippen LogP contribution is 2.39. The molecule has 0 aromatic carbocycles. The lowest BCUT2D eigenvalue weighted by molar-refractivity contribution is 0.236. The lowest BCUT2D eigenvalue weighted by Gasteiger charge is -2.23. The van der Waals surface area contributed by atoms with E-state index in [9.17, 15) is 0 Å². The number of piperidine rings is 1. The summed E-state index contributed by atoms with van der Waals surface area (Å²) in [5.74, 6) is 1.84. The van der Waals surface area contributed by atoms with E-state index < -0.39 is 0 Å². The van der Waals surface area contributed by atoms with Crippen LogP contribution in [-0.2, 0) is 0 Å². The molecule has 2 aliphatic rings. The molecule has 2 heterocycles. The van der Waals surface area contributed by atoms with Crippen molar-refractivity contribution in [2.45, 2.75) is 31.3 Å². The summed E-state index contributed by atoms with van der Waals surface area (Å²) < 4.78 is 5.69. The SMILES string of the molecule is c1cncc(OCC2CCC3CC3N2)c1. The molecule has 1 saturated carbocycles. The zero-order valence-electron chi connectivity index (χ0n) is 8.73. The van der Waals surface area contributed by atoms with E-state index in [-0.39, 0.29) is 0 Å². The molecule has 3 rings (SSSR count). The molecule has 2 fully saturated rings. The third-order valence-corrected chi connectivity index (χ3v) is 3.34. The summed E-state index contributed by atoms with van der Waals surface area (Å²) in [5, 5.41) is 3.62. The van der Waals surface area contributed by atoms with Crippen LogP contribution >= 0.6 is 0 Å². The van der Waals surface area contributed by atoms with Gasteiger partial charge >= 0.3 is 0 Å². The minimum atomic E-state index is 0.536. The molecule has 0 amide bonds. The Hall–Kier alpha value is -1.09. The van der Waals surface area contributed by atoms with Gasteiger partial charge in [-0.25, -0.2) is 0 Å². The maximum Gasteiger partial charge on any atom is 0.137 e. The van der Waals surface area contributed by atoms with Crippen LogP contribution in [-0.4, -0.2) is 23.7 Å². The molecule has 0 spiro atoms. The van der Waals surface area contributed by atoms with Crippen molar-refractivity contribution in [3.63, 3.8) is 0 Å². The van der Waals surface area contributed by atoms with Crippen LogP contribution in [0.5, 0.6) is 5.75 Å². The number of ether oxygens (including phenoxy) is 1. The van der Waals surface area contributed by atoms with Gasteiger partial charge in [-0.05, 0) is 37.3 Å². The Balaban J connectivity index is 1.49. The number of hydrogen-bond acceptors (Lipinski definition) is 3. The van der Waals surface area contributed by atoms with Crippen molar-refractivity contribution in [1.82, 2.24) is 10.3 Å². The van der Waals surface area contributed by atoms with E-state index in [4.69, 9.17) is 4.74 Å². The number of aromatic nitrogens is 1. The zero-order valence-corrected chi connectivity index (χ0v) is 8.73. The molecular weight excluding hydrogens is 188 g/mol. The molecule has 15 heavy (non-hydrogen) atoms. The van der Waals surface area contributed by atoms with Gasteiger partial charge in [-0.3, -0.25) is 4.98 Å². The normalized spacial score (nSPS) is 33.2.